The van der Waals surface area contributed by atoms with Crippen LogP contribution in [0.1, 0.15) is 85.8 Å². The molecule has 3 aromatic heterocycles. The van der Waals surface area contributed by atoms with Crippen molar-refractivity contribution in [2.24, 2.45) is 10.8 Å². The highest BCUT2D eigenvalue weighted by Gasteiger charge is 2.45. The summed E-state index contributed by atoms with van der Waals surface area (Å²) < 4.78 is 68.0. The van der Waals surface area contributed by atoms with Gasteiger partial charge < -0.3 is 98.5 Å². The van der Waals surface area contributed by atoms with E-state index in [0.29, 0.717) is 178 Å². The van der Waals surface area contributed by atoms with E-state index in [0.717, 1.165) is 33.0 Å². The summed E-state index contributed by atoms with van der Waals surface area (Å²) in [6.07, 6.45) is 3.90. The van der Waals surface area contributed by atoms with Crippen molar-refractivity contribution in [1.29, 1.82) is 0 Å². The number of cyclic esters (lactones) is 1. The molecule has 30 heteroatoms. The lowest BCUT2D eigenvalue weighted by molar-refractivity contribution is -0.172. The monoisotopic (exact) mass is 1410 g/mol. The third-order valence-corrected chi connectivity index (χ3v) is 16.8. The second-order valence-corrected chi connectivity index (χ2v) is 23.7. The van der Waals surface area contributed by atoms with Crippen LogP contribution in [-0.2, 0) is 109 Å². The van der Waals surface area contributed by atoms with Crippen molar-refractivity contribution < 1.29 is 85.9 Å². The van der Waals surface area contributed by atoms with Gasteiger partial charge in [-0.3, -0.25) is 19.2 Å². The number of rotatable bonds is 50. The molecule has 4 amide bonds. The van der Waals surface area contributed by atoms with Crippen LogP contribution in [0, 0.1) is 0 Å². The molecule has 101 heavy (non-hydrogen) atoms. The molecule has 0 bridgehead atoms. The summed E-state index contributed by atoms with van der Waals surface area (Å²) in [6, 6.07) is 19.7. The first-order chi connectivity index (χ1) is 49.3. The molecule has 5 heterocycles. The van der Waals surface area contributed by atoms with Crippen LogP contribution in [-0.4, -0.2) is 207 Å². The molecule has 0 unspecified atom stereocenters. The Labute approximate surface area is 585 Å². The summed E-state index contributed by atoms with van der Waals surface area (Å²) in [4.78, 5) is 91.7. The Bertz CT molecular complexity index is 3730. The number of alkyl carbamates (subject to hydrolysis) is 1. The van der Waals surface area contributed by atoms with Crippen LogP contribution in [0.25, 0.3) is 43.6 Å². The normalized spacial score (nSPS) is 14.3. The molecule has 0 aliphatic carbocycles. The number of esters is 1. The summed E-state index contributed by atoms with van der Waals surface area (Å²) in [6.45, 7) is 11.8. The molecule has 6 aromatic rings. The first-order valence-electron chi connectivity index (χ1n) is 34.5. The Balaban J connectivity index is 0.690. The SMILES string of the molecule is CCc1c2c(nc3ccc(OCCCNC(=O)OCc4ccc(NC(=O)[C@H](CCCCN)NC(=O)[C@H](Cc5c[nH]c6ccccc56)NC(=O)CCOCCOCCOCCOCCOCCOCCOCCOCCOCCN=[N+]=[N-])cc4)cc13)-c1cc3c(c(=O)n1C2)COC(=O)[C@]3(O)CC. The van der Waals surface area contributed by atoms with Gasteiger partial charge in [0.1, 0.15) is 31.0 Å². The molecule has 0 saturated heterocycles. The molecule has 0 saturated carbocycles. The van der Waals surface area contributed by atoms with Crippen LogP contribution in [0.15, 0.2) is 88.9 Å². The Morgan fingerprint density at radius 2 is 1.37 bits per heavy atom. The number of benzene rings is 3. The van der Waals surface area contributed by atoms with Gasteiger partial charge in [0.15, 0.2) is 5.60 Å². The minimum atomic E-state index is -1.92. The topological polar surface area (TPSA) is 390 Å². The number of nitrogens with zero attached hydrogens (tertiary/aromatic N) is 5. The zero-order valence-corrected chi connectivity index (χ0v) is 57.6. The number of anilines is 1. The number of carbonyl (C=O) groups excluding carboxylic acids is 5. The number of unbranched alkanes of at least 4 members (excludes halogenated alkanes) is 1. The van der Waals surface area contributed by atoms with E-state index < -0.39 is 47.5 Å². The molecule has 0 radical (unpaired) electrons. The van der Waals surface area contributed by atoms with Gasteiger partial charge in [0.05, 0.1) is 155 Å². The van der Waals surface area contributed by atoms with Gasteiger partial charge in [-0.1, -0.05) is 49.3 Å². The maximum atomic E-state index is 14.3. The summed E-state index contributed by atoms with van der Waals surface area (Å²) in [5, 5.41) is 27.9. The smallest absolute Gasteiger partial charge is 0.407 e. The molecule has 0 fully saturated rings. The van der Waals surface area contributed by atoms with E-state index in [2.05, 4.69) is 36.3 Å². The summed E-state index contributed by atoms with van der Waals surface area (Å²) >= 11 is 0. The lowest BCUT2D eigenvalue weighted by Gasteiger charge is -2.31. The lowest BCUT2D eigenvalue weighted by atomic mass is 9.86. The Morgan fingerprint density at radius 3 is 1.99 bits per heavy atom. The maximum absolute atomic E-state index is 14.3. The second kappa shape index (κ2) is 42.6. The number of carbonyl (C=O) groups is 5. The van der Waals surface area contributed by atoms with Gasteiger partial charge in [0.2, 0.25) is 17.7 Å². The predicted octanol–water partition coefficient (Wildman–Crippen LogP) is 5.95. The number of aromatic amines is 1. The standard InChI is InChI=1S/C71H95N11O19/c1-3-53-55-43-52(17-18-60(55)79-65-56(53)46-82-63(65)44-58-57(68(82)86)48-100-69(87)71(58,89)4-2)99-23-9-21-74-70(88)101-47-49-13-15-51(16-14-49)77-66(84)61(12-7-8-20-72)80-67(85)62(42-50-45-75-59-11-6-5-10-54(50)59)78-64(83)19-24-90-26-28-92-30-32-94-34-36-96-38-40-98-41-39-97-37-35-95-33-31-93-29-27-91-25-22-76-81-73/h5-6,10-11,13-18,43-45,61-62,75,89H,3-4,7-9,12,19-42,46-48,72H2,1-2H3,(H,74,88)(H,77,84)(H,78,83)(H,80,85)/t61-,62-,71-/m0/s1. The van der Waals surface area contributed by atoms with Gasteiger partial charge in [-0.15, -0.1) is 0 Å². The van der Waals surface area contributed by atoms with Crippen LogP contribution in [0.5, 0.6) is 5.75 Å². The van der Waals surface area contributed by atoms with Gasteiger partial charge in [-0.25, -0.2) is 14.6 Å². The zero-order chi connectivity index (χ0) is 71.4. The van der Waals surface area contributed by atoms with Crippen LogP contribution in [0.2, 0.25) is 0 Å². The van der Waals surface area contributed by atoms with Crippen LogP contribution >= 0.6 is 0 Å². The van der Waals surface area contributed by atoms with Crippen molar-refractivity contribution in [3.05, 3.63) is 133 Å². The predicted molar refractivity (Wildman–Crippen MR) is 372 cm³/mol. The summed E-state index contributed by atoms with van der Waals surface area (Å²) in [5.74, 6) is -1.59. The number of nitrogens with one attached hydrogen (secondary N) is 5. The number of azide groups is 1. The number of pyridine rings is 2. The fraction of sp³-hybridized carbons (Fsp3) is 0.535. The number of ether oxygens (including phenoxy) is 12. The molecule has 0 spiro atoms. The van der Waals surface area contributed by atoms with Gasteiger partial charge in [-0.05, 0) is 110 Å². The minimum absolute atomic E-state index is 0.0305. The number of aromatic nitrogens is 3. The molecular weight excluding hydrogens is 1310 g/mol. The second-order valence-electron chi connectivity index (χ2n) is 23.7. The highest BCUT2D eigenvalue weighted by atomic mass is 16.6. The van der Waals surface area contributed by atoms with Crippen molar-refractivity contribution in [3.63, 3.8) is 0 Å². The molecule has 2 aliphatic rings. The molecule has 3 aromatic carbocycles. The van der Waals surface area contributed by atoms with Crippen molar-refractivity contribution in [2.45, 2.75) is 103 Å². The van der Waals surface area contributed by atoms with Crippen molar-refractivity contribution in [3.8, 4) is 17.1 Å². The first kappa shape index (κ1) is 78.1. The number of aryl methyl sites for hydroxylation is 1. The molecule has 2 aliphatic heterocycles. The van der Waals surface area contributed by atoms with Gasteiger partial charge >= 0.3 is 12.1 Å². The largest absolute Gasteiger partial charge is 0.494 e. The van der Waals surface area contributed by atoms with Gasteiger partial charge in [0.25, 0.3) is 5.56 Å². The molecule has 30 nitrogen and oxygen atoms in total. The van der Waals surface area contributed by atoms with E-state index in [4.69, 9.17) is 73.1 Å². The molecular formula is C71H95N11O19. The molecule has 548 valence electrons. The number of para-hydroxylation sites is 1. The van der Waals surface area contributed by atoms with E-state index in [1.54, 1.807) is 48.0 Å². The Kier molecular flexibility index (Phi) is 32.9. The number of hydrogen-bond donors (Lipinski definition) is 7. The zero-order valence-electron chi connectivity index (χ0n) is 57.6. The van der Waals surface area contributed by atoms with Gasteiger partial charge in [-0.2, -0.15) is 0 Å². The fourth-order valence-electron chi connectivity index (χ4n) is 11.4. The maximum Gasteiger partial charge on any atom is 0.407 e. The summed E-state index contributed by atoms with van der Waals surface area (Å²) in [5.41, 5.74) is 18.9. The minimum Gasteiger partial charge on any atom is -0.494 e. The number of fused-ring (bicyclic) bond motifs is 6. The molecule has 8 rings (SSSR count). The number of aliphatic hydroxyl groups is 1. The first-order valence-corrected chi connectivity index (χ1v) is 34.5. The van der Waals surface area contributed by atoms with Crippen molar-refractivity contribution in [2.75, 3.05) is 150 Å². The van der Waals surface area contributed by atoms with Crippen molar-refractivity contribution in [1.82, 2.24) is 30.5 Å². The van der Waals surface area contributed by atoms with Crippen molar-refractivity contribution >= 4 is 57.3 Å². The lowest BCUT2D eigenvalue weighted by Crippen LogP contribution is -2.53. The van der Waals surface area contributed by atoms with Crippen LogP contribution in [0.3, 0.4) is 0 Å². The quantitative estimate of drug-likeness (QED) is 0.00761. The summed E-state index contributed by atoms with van der Waals surface area (Å²) in [7, 11) is 0. The number of nitrogens with two attached hydrogens (primary N) is 1. The van der Waals surface area contributed by atoms with E-state index in [9.17, 15) is 33.9 Å². The fourth-order valence-corrected chi connectivity index (χ4v) is 11.4. The highest BCUT2D eigenvalue weighted by molar-refractivity contribution is 5.99. The van der Waals surface area contributed by atoms with Crippen LogP contribution in [0.4, 0.5) is 10.5 Å². The highest BCUT2D eigenvalue weighted by Crippen LogP contribution is 2.41. The third-order valence-electron chi connectivity index (χ3n) is 16.8. The average molecular weight is 1410 g/mol. The van der Waals surface area contributed by atoms with Crippen LogP contribution < -0.4 is 37.3 Å². The number of amides is 4. The number of H-pyrrole nitrogens is 1. The third kappa shape index (κ3) is 24.0. The van der Waals surface area contributed by atoms with E-state index in [-0.39, 0.29) is 88.5 Å². The van der Waals surface area contributed by atoms with E-state index >= 15 is 0 Å². The van der Waals surface area contributed by atoms with E-state index in [1.165, 1.54) is 0 Å². The average Bonchev–Trinajstić information content (AvgIpc) is 1.61. The molecule has 3 atom stereocenters. The molecule has 8 N–H and O–H groups in total. The number of hydrogen-bond acceptors (Lipinski definition) is 22. The van der Waals surface area contributed by atoms with Gasteiger partial charge in [0, 0.05) is 70.1 Å². The van der Waals surface area contributed by atoms with E-state index in [1.807, 2.05) is 49.4 Å². The Hall–Kier alpha value is -8.62. The Morgan fingerprint density at radius 1 is 0.733 bits per heavy atom.